The maximum atomic E-state index is 9.02. The Balaban J connectivity index is 1.16. The average Bonchev–Trinajstić information content (AvgIpc) is 3.49. The minimum atomic E-state index is 0.449. The first-order chi connectivity index (χ1) is 17.1. The molecule has 1 aromatic carbocycles. The quantitative estimate of drug-likeness (QED) is 0.448. The summed E-state index contributed by atoms with van der Waals surface area (Å²) in [5.41, 5.74) is 4.21. The van der Waals surface area contributed by atoms with E-state index in [4.69, 9.17) is 21.8 Å². The molecular weight excluding hydrogens is 458 g/mol. The number of hydrogen-bond acceptors (Lipinski definition) is 6. The molecule has 0 radical (unpaired) electrons. The van der Waals surface area contributed by atoms with Crippen molar-refractivity contribution in [3.63, 3.8) is 0 Å². The van der Waals surface area contributed by atoms with E-state index < -0.39 is 0 Å². The molecule has 2 saturated carbocycles. The van der Waals surface area contributed by atoms with E-state index in [1.165, 1.54) is 37.7 Å². The van der Waals surface area contributed by atoms with Gasteiger partial charge in [-0.3, -0.25) is 4.68 Å². The number of fused-ring (bicyclic) bond motifs is 1. The summed E-state index contributed by atoms with van der Waals surface area (Å²) in [6, 6.07) is 7.74. The van der Waals surface area contributed by atoms with Crippen molar-refractivity contribution in [1.82, 2.24) is 24.6 Å². The van der Waals surface area contributed by atoms with Gasteiger partial charge in [0.05, 0.1) is 35.2 Å². The fourth-order valence-corrected chi connectivity index (χ4v) is 6.39. The van der Waals surface area contributed by atoms with Crippen LogP contribution in [-0.2, 0) is 0 Å². The van der Waals surface area contributed by atoms with Gasteiger partial charge < -0.3 is 10.2 Å². The number of halogens is 1. The van der Waals surface area contributed by atoms with E-state index in [1.54, 1.807) is 0 Å². The van der Waals surface area contributed by atoms with Crippen LogP contribution in [0.5, 0.6) is 0 Å². The zero-order valence-corrected chi connectivity index (χ0v) is 21.0. The van der Waals surface area contributed by atoms with Crippen molar-refractivity contribution < 1.29 is 0 Å². The van der Waals surface area contributed by atoms with Gasteiger partial charge in [0.25, 0.3) is 0 Å². The molecule has 0 bridgehead atoms. The lowest BCUT2D eigenvalue weighted by Gasteiger charge is -2.36. The van der Waals surface area contributed by atoms with E-state index in [9.17, 15) is 0 Å². The fourth-order valence-electron chi connectivity index (χ4n) is 6.06. The maximum Gasteiger partial charge on any atom is 0.227 e. The maximum absolute atomic E-state index is 9.02. The molecule has 2 unspecified atom stereocenters. The molecule has 3 aromatic rings. The molecule has 7 nitrogen and oxygen atoms in total. The van der Waals surface area contributed by atoms with Crippen LogP contribution in [0.15, 0.2) is 24.5 Å². The molecule has 2 aliphatic carbocycles. The SMILES string of the molecule is Cc1c(Nc2ncc3cc(Cl)c(C4CCN(C5CCC(CC#N)C5)CC4)cc3n2)cnn1C1CC1. The van der Waals surface area contributed by atoms with Gasteiger partial charge in [-0.25, -0.2) is 9.97 Å². The molecule has 182 valence electrons. The monoisotopic (exact) mass is 489 g/mol. The van der Waals surface area contributed by atoms with Gasteiger partial charge >= 0.3 is 0 Å². The molecule has 1 saturated heterocycles. The van der Waals surface area contributed by atoms with Crippen LogP contribution < -0.4 is 5.32 Å². The molecule has 3 heterocycles. The van der Waals surface area contributed by atoms with Crippen molar-refractivity contribution in [2.24, 2.45) is 5.92 Å². The Bertz CT molecular complexity index is 1270. The number of hydrogen-bond donors (Lipinski definition) is 1. The second-order valence-electron chi connectivity index (χ2n) is 10.6. The van der Waals surface area contributed by atoms with Crippen molar-refractivity contribution in [2.75, 3.05) is 18.4 Å². The summed E-state index contributed by atoms with van der Waals surface area (Å²) in [7, 11) is 0. The highest BCUT2D eigenvalue weighted by Crippen LogP contribution is 2.39. The number of likely N-dealkylation sites (tertiary alicyclic amines) is 1. The van der Waals surface area contributed by atoms with E-state index in [2.05, 4.69) is 44.0 Å². The van der Waals surface area contributed by atoms with Crippen LogP contribution in [-0.4, -0.2) is 43.8 Å². The number of anilines is 2. The number of nitrogens with one attached hydrogen (secondary N) is 1. The second kappa shape index (κ2) is 9.40. The first kappa shape index (κ1) is 22.8. The van der Waals surface area contributed by atoms with Gasteiger partial charge in [-0.05, 0) is 94.5 Å². The van der Waals surface area contributed by atoms with E-state index in [0.29, 0.717) is 36.3 Å². The van der Waals surface area contributed by atoms with Gasteiger partial charge in [-0.2, -0.15) is 10.4 Å². The standard InChI is InChI=1S/C27H32ClN7/c1-17-26(16-31-35(17)21-4-5-21)33-27-30-15-20-13-24(28)23(14-25(20)32-27)19-7-10-34(11-8-19)22-3-2-18(12-22)6-9-29/h13-16,18-19,21-22H,2-8,10-12H2,1H3,(H,30,32,33). The van der Waals surface area contributed by atoms with E-state index in [1.807, 2.05) is 18.5 Å². The zero-order chi connectivity index (χ0) is 23.9. The predicted molar refractivity (Wildman–Crippen MR) is 138 cm³/mol. The lowest BCUT2D eigenvalue weighted by Crippen LogP contribution is -2.39. The summed E-state index contributed by atoms with van der Waals surface area (Å²) in [4.78, 5) is 12.0. The Morgan fingerprint density at radius 3 is 2.66 bits per heavy atom. The third-order valence-corrected chi connectivity index (χ3v) is 8.59. The van der Waals surface area contributed by atoms with Crippen molar-refractivity contribution in [1.29, 1.82) is 5.26 Å². The van der Waals surface area contributed by atoms with E-state index >= 15 is 0 Å². The minimum Gasteiger partial charge on any atom is -0.321 e. The number of rotatable bonds is 6. The Morgan fingerprint density at radius 1 is 1.09 bits per heavy atom. The number of nitrogens with zero attached hydrogens (tertiary/aromatic N) is 6. The molecule has 3 aliphatic rings. The highest BCUT2D eigenvalue weighted by atomic mass is 35.5. The molecule has 1 N–H and O–H groups in total. The first-order valence-corrected chi connectivity index (χ1v) is 13.3. The summed E-state index contributed by atoms with van der Waals surface area (Å²) in [5, 5.41) is 18.7. The van der Waals surface area contributed by atoms with Gasteiger partial charge in [-0.1, -0.05) is 11.6 Å². The van der Waals surface area contributed by atoms with Gasteiger partial charge in [0.15, 0.2) is 0 Å². The molecule has 6 rings (SSSR count). The van der Waals surface area contributed by atoms with Crippen molar-refractivity contribution in [3.8, 4) is 6.07 Å². The normalized spacial score (nSPS) is 23.6. The number of nitriles is 1. The molecule has 0 amide bonds. The molecule has 3 fully saturated rings. The molecule has 35 heavy (non-hydrogen) atoms. The van der Waals surface area contributed by atoms with Crippen molar-refractivity contribution in [3.05, 3.63) is 40.8 Å². The number of piperidine rings is 1. The van der Waals surface area contributed by atoms with Crippen LogP contribution in [0.4, 0.5) is 11.6 Å². The first-order valence-electron chi connectivity index (χ1n) is 13.0. The van der Waals surface area contributed by atoms with Crippen LogP contribution in [0, 0.1) is 24.2 Å². The van der Waals surface area contributed by atoms with E-state index in [-0.39, 0.29) is 0 Å². The van der Waals surface area contributed by atoms with Crippen LogP contribution in [0.2, 0.25) is 5.02 Å². The summed E-state index contributed by atoms with van der Waals surface area (Å²) in [6.45, 7) is 4.29. The Hall–Kier alpha value is -2.69. The fraction of sp³-hybridized carbons (Fsp3) is 0.556. The summed E-state index contributed by atoms with van der Waals surface area (Å²) in [6.07, 6.45) is 12.7. The highest BCUT2D eigenvalue weighted by molar-refractivity contribution is 6.32. The number of aromatic nitrogens is 4. The smallest absolute Gasteiger partial charge is 0.227 e. The van der Waals surface area contributed by atoms with Crippen molar-refractivity contribution >= 4 is 34.1 Å². The van der Waals surface area contributed by atoms with Crippen LogP contribution in [0.1, 0.15) is 74.6 Å². The highest BCUT2D eigenvalue weighted by Gasteiger charge is 2.32. The molecule has 2 aromatic heterocycles. The van der Waals surface area contributed by atoms with E-state index in [0.717, 1.165) is 53.2 Å². The summed E-state index contributed by atoms with van der Waals surface area (Å²) in [5.74, 6) is 1.63. The third kappa shape index (κ3) is 4.62. The zero-order valence-electron chi connectivity index (χ0n) is 20.3. The Kier molecular flexibility index (Phi) is 6.11. The second-order valence-corrected chi connectivity index (χ2v) is 11.0. The summed E-state index contributed by atoms with van der Waals surface area (Å²) >= 11 is 6.76. The molecule has 2 atom stereocenters. The van der Waals surface area contributed by atoms with Gasteiger partial charge in [0, 0.05) is 29.1 Å². The van der Waals surface area contributed by atoms with Gasteiger partial charge in [0.1, 0.15) is 0 Å². The van der Waals surface area contributed by atoms with Gasteiger partial charge in [0.2, 0.25) is 5.95 Å². The Morgan fingerprint density at radius 2 is 1.89 bits per heavy atom. The molecule has 1 aliphatic heterocycles. The lowest BCUT2D eigenvalue weighted by atomic mass is 9.88. The molecule has 0 spiro atoms. The van der Waals surface area contributed by atoms with Gasteiger partial charge in [-0.15, -0.1) is 0 Å². The summed E-state index contributed by atoms with van der Waals surface area (Å²) < 4.78 is 2.10. The largest absolute Gasteiger partial charge is 0.321 e. The average molecular weight is 490 g/mol. The van der Waals surface area contributed by atoms with Crippen LogP contribution in [0.25, 0.3) is 10.9 Å². The predicted octanol–water partition coefficient (Wildman–Crippen LogP) is 6.13. The van der Waals surface area contributed by atoms with Crippen LogP contribution in [0.3, 0.4) is 0 Å². The minimum absolute atomic E-state index is 0.449. The van der Waals surface area contributed by atoms with Crippen LogP contribution >= 0.6 is 11.6 Å². The topological polar surface area (TPSA) is 82.7 Å². The Labute approximate surface area is 211 Å². The lowest BCUT2D eigenvalue weighted by molar-refractivity contribution is 0.151. The number of benzene rings is 1. The third-order valence-electron chi connectivity index (χ3n) is 8.26. The molecule has 8 heteroatoms. The molecular formula is C27H32ClN7. The van der Waals surface area contributed by atoms with Crippen molar-refractivity contribution in [2.45, 2.75) is 76.3 Å².